The third-order valence-corrected chi connectivity index (χ3v) is 4.30. The highest BCUT2D eigenvalue weighted by atomic mass is 32.2. The van der Waals surface area contributed by atoms with Crippen LogP contribution < -0.4 is 10.6 Å². The van der Waals surface area contributed by atoms with Crippen LogP contribution in [-0.2, 0) is 6.42 Å². The summed E-state index contributed by atoms with van der Waals surface area (Å²) in [5.41, 5.74) is 0. The Morgan fingerprint density at radius 2 is 1.75 bits per heavy atom. The molecule has 0 unspecified atom stereocenters. The van der Waals surface area contributed by atoms with Crippen molar-refractivity contribution >= 4 is 23.4 Å². The molecule has 5 heteroatoms. The van der Waals surface area contributed by atoms with Gasteiger partial charge in [0.05, 0.1) is 0 Å². The second kappa shape index (κ2) is 8.35. The smallest absolute Gasteiger partial charge is 0.133 e. The quantitative estimate of drug-likeness (QED) is 0.726. The fourth-order valence-corrected chi connectivity index (χ4v) is 1.86. The van der Waals surface area contributed by atoms with Gasteiger partial charge in [-0.3, -0.25) is 0 Å². The molecule has 0 aromatic carbocycles. The van der Waals surface area contributed by atoms with Crippen molar-refractivity contribution in [2.45, 2.75) is 51.7 Å². The number of hydrogen-bond acceptors (Lipinski definition) is 5. The van der Waals surface area contributed by atoms with Crippen molar-refractivity contribution in [3.05, 3.63) is 11.9 Å². The lowest BCUT2D eigenvalue weighted by Gasteiger charge is -2.22. The van der Waals surface area contributed by atoms with E-state index < -0.39 is 0 Å². The fraction of sp³-hybridized carbons (Fsp3) is 0.733. The Hall–Kier alpha value is -0.970. The van der Waals surface area contributed by atoms with Crippen molar-refractivity contribution in [1.82, 2.24) is 9.97 Å². The van der Waals surface area contributed by atoms with Crippen LogP contribution in [0.1, 0.15) is 46.4 Å². The molecule has 0 saturated heterocycles. The Kier molecular flexibility index (Phi) is 7.13. The van der Waals surface area contributed by atoms with Crippen LogP contribution in [0.4, 0.5) is 11.6 Å². The van der Waals surface area contributed by atoms with E-state index in [4.69, 9.17) is 0 Å². The van der Waals surface area contributed by atoms with E-state index in [1.807, 2.05) is 17.8 Å². The van der Waals surface area contributed by atoms with Gasteiger partial charge in [-0.05, 0) is 32.9 Å². The lowest BCUT2D eigenvalue weighted by atomic mass is 10.2. The molecule has 20 heavy (non-hydrogen) atoms. The molecular weight excluding hydrogens is 268 g/mol. The SMILES string of the molecule is CCCNc1cc(NCC(C)(C)SC)nc(CCC)n1. The van der Waals surface area contributed by atoms with E-state index in [1.54, 1.807) is 0 Å². The molecule has 1 rings (SSSR count). The van der Waals surface area contributed by atoms with E-state index in [0.717, 1.165) is 49.8 Å². The molecule has 0 radical (unpaired) electrons. The lowest BCUT2D eigenvalue weighted by Crippen LogP contribution is -2.26. The number of aryl methyl sites for hydroxylation is 1. The van der Waals surface area contributed by atoms with Gasteiger partial charge in [-0.25, -0.2) is 9.97 Å². The van der Waals surface area contributed by atoms with Crippen LogP contribution in [0.25, 0.3) is 0 Å². The number of rotatable bonds is 9. The van der Waals surface area contributed by atoms with Crippen molar-refractivity contribution in [3.8, 4) is 0 Å². The van der Waals surface area contributed by atoms with Crippen molar-refractivity contribution in [2.24, 2.45) is 0 Å². The minimum Gasteiger partial charge on any atom is -0.370 e. The Morgan fingerprint density at radius 1 is 1.10 bits per heavy atom. The first kappa shape index (κ1) is 17.1. The van der Waals surface area contributed by atoms with Crippen LogP contribution in [0.15, 0.2) is 6.07 Å². The van der Waals surface area contributed by atoms with Gasteiger partial charge in [-0.2, -0.15) is 11.8 Å². The Morgan fingerprint density at radius 3 is 2.30 bits per heavy atom. The first-order valence-corrected chi connectivity index (χ1v) is 8.64. The average molecular weight is 296 g/mol. The number of anilines is 2. The van der Waals surface area contributed by atoms with Crippen molar-refractivity contribution in [2.75, 3.05) is 30.0 Å². The predicted molar refractivity (Wildman–Crippen MR) is 90.9 cm³/mol. The predicted octanol–water partition coefficient (Wildman–Crippen LogP) is 3.80. The molecule has 0 aliphatic carbocycles. The highest BCUT2D eigenvalue weighted by Gasteiger charge is 2.16. The van der Waals surface area contributed by atoms with Crippen LogP contribution in [0, 0.1) is 0 Å². The van der Waals surface area contributed by atoms with Gasteiger partial charge in [0, 0.05) is 30.3 Å². The maximum absolute atomic E-state index is 4.60. The van der Waals surface area contributed by atoms with Crippen LogP contribution in [-0.4, -0.2) is 34.1 Å². The van der Waals surface area contributed by atoms with E-state index in [0.29, 0.717) is 0 Å². The molecular formula is C15H28N4S. The molecule has 4 nitrogen and oxygen atoms in total. The molecule has 0 atom stereocenters. The summed E-state index contributed by atoms with van der Waals surface area (Å²) in [4.78, 5) is 9.15. The van der Waals surface area contributed by atoms with Gasteiger partial charge in [-0.15, -0.1) is 0 Å². The maximum Gasteiger partial charge on any atom is 0.133 e. The lowest BCUT2D eigenvalue weighted by molar-refractivity contribution is 0.746. The average Bonchev–Trinajstić information content (AvgIpc) is 2.43. The fourth-order valence-electron chi connectivity index (χ4n) is 1.64. The second-order valence-corrected chi connectivity index (χ2v) is 7.06. The summed E-state index contributed by atoms with van der Waals surface area (Å²) < 4.78 is 0.201. The minimum atomic E-state index is 0.201. The third-order valence-electron chi connectivity index (χ3n) is 3.05. The number of thioether (sulfide) groups is 1. The molecule has 0 aliphatic rings. The van der Waals surface area contributed by atoms with E-state index in [9.17, 15) is 0 Å². The second-order valence-electron chi connectivity index (χ2n) is 5.55. The van der Waals surface area contributed by atoms with Crippen molar-refractivity contribution in [3.63, 3.8) is 0 Å². The number of nitrogens with one attached hydrogen (secondary N) is 2. The molecule has 1 heterocycles. The van der Waals surface area contributed by atoms with Gasteiger partial charge in [0.15, 0.2) is 0 Å². The molecule has 0 saturated carbocycles. The highest BCUT2D eigenvalue weighted by molar-refractivity contribution is 7.99. The minimum absolute atomic E-state index is 0.201. The van der Waals surface area contributed by atoms with Gasteiger partial charge in [0.1, 0.15) is 17.5 Å². The summed E-state index contributed by atoms with van der Waals surface area (Å²) >= 11 is 1.86. The van der Waals surface area contributed by atoms with Gasteiger partial charge in [-0.1, -0.05) is 13.8 Å². The molecule has 0 amide bonds. The van der Waals surface area contributed by atoms with E-state index in [2.05, 4.69) is 54.6 Å². The number of nitrogens with zero attached hydrogens (tertiary/aromatic N) is 2. The first-order valence-electron chi connectivity index (χ1n) is 7.41. The third kappa shape index (κ3) is 5.99. The highest BCUT2D eigenvalue weighted by Crippen LogP contribution is 2.22. The summed E-state index contributed by atoms with van der Waals surface area (Å²) in [6.07, 6.45) is 5.21. The Labute approximate surface area is 127 Å². The zero-order valence-electron chi connectivity index (χ0n) is 13.4. The molecule has 0 bridgehead atoms. The Balaban J connectivity index is 2.79. The molecule has 0 aliphatic heterocycles. The van der Waals surface area contributed by atoms with Gasteiger partial charge < -0.3 is 10.6 Å². The van der Waals surface area contributed by atoms with Crippen molar-refractivity contribution in [1.29, 1.82) is 0 Å². The van der Waals surface area contributed by atoms with Crippen molar-refractivity contribution < 1.29 is 0 Å². The number of aromatic nitrogens is 2. The first-order chi connectivity index (χ1) is 9.50. The summed E-state index contributed by atoms with van der Waals surface area (Å²) in [7, 11) is 0. The summed E-state index contributed by atoms with van der Waals surface area (Å²) in [5.74, 6) is 2.76. The van der Waals surface area contributed by atoms with Crippen LogP contribution in [0.3, 0.4) is 0 Å². The molecule has 1 aromatic rings. The molecule has 114 valence electrons. The molecule has 2 N–H and O–H groups in total. The largest absolute Gasteiger partial charge is 0.370 e. The molecule has 0 spiro atoms. The van der Waals surface area contributed by atoms with Gasteiger partial charge in [0.25, 0.3) is 0 Å². The van der Waals surface area contributed by atoms with Crippen LogP contribution in [0.2, 0.25) is 0 Å². The van der Waals surface area contributed by atoms with Crippen LogP contribution in [0.5, 0.6) is 0 Å². The Bertz CT molecular complexity index is 407. The summed E-state index contributed by atoms with van der Waals surface area (Å²) in [5, 5.41) is 6.79. The standard InChI is InChI=1S/C15H28N4S/c1-6-8-12-18-13(16-9-7-2)10-14(19-12)17-11-15(3,4)20-5/h10H,6-9,11H2,1-5H3,(H2,16,17,18,19). The maximum atomic E-state index is 4.60. The topological polar surface area (TPSA) is 49.8 Å². The zero-order valence-corrected chi connectivity index (χ0v) is 14.2. The van der Waals surface area contributed by atoms with E-state index in [1.165, 1.54) is 0 Å². The van der Waals surface area contributed by atoms with Crippen LogP contribution >= 0.6 is 11.8 Å². The zero-order chi connectivity index (χ0) is 15.0. The number of hydrogen-bond donors (Lipinski definition) is 2. The van der Waals surface area contributed by atoms with Gasteiger partial charge >= 0.3 is 0 Å². The normalized spacial score (nSPS) is 11.4. The molecule has 0 fully saturated rings. The van der Waals surface area contributed by atoms with E-state index in [-0.39, 0.29) is 4.75 Å². The van der Waals surface area contributed by atoms with Gasteiger partial charge in [0.2, 0.25) is 0 Å². The molecule has 1 aromatic heterocycles. The summed E-state index contributed by atoms with van der Waals surface area (Å²) in [6, 6.07) is 2.01. The monoisotopic (exact) mass is 296 g/mol. The summed E-state index contributed by atoms with van der Waals surface area (Å²) in [6.45, 7) is 10.6. The van der Waals surface area contributed by atoms with E-state index >= 15 is 0 Å².